The molecule has 0 spiro atoms. The lowest BCUT2D eigenvalue weighted by Gasteiger charge is -2.12. The molecule has 100 valence electrons. The molecule has 0 radical (unpaired) electrons. The minimum atomic E-state index is 0.0259. The van der Waals surface area contributed by atoms with E-state index in [1.54, 1.807) is 0 Å². The molecule has 0 bridgehead atoms. The third-order valence-electron chi connectivity index (χ3n) is 2.83. The molecule has 0 saturated carbocycles. The highest BCUT2D eigenvalue weighted by Crippen LogP contribution is 2.13. The van der Waals surface area contributed by atoms with E-state index >= 15 is 0 Å². The Balaban J connectivity index is 1.74. The second kappa shape index (κ2) is 7.43. The van der Waals surface area contributed by atoms with Crippen LogP contribution in [-0.2, 0) is 17.8 Å². The second-order valence-electron chi connectivity index (χ2n) is 4.59. The molecule has 2 aromatic carbocycles. The molecule has 0 saturated heterocycles. The zero-order chi connectivity index (χ0) is 13.5. The molecular formula is C16H18BrNO. The SMILES string of the molecule is NC(COCc1ccccc1)Cc1cccc(Br)c1. The van der Waals surface area contributed by atoms with Gasteiger partial charge in [0.2, 0.25) is 0 Å². The summed E-state index contributed by atoms with van der Waals surface area (Å²) in [5.41, 5.74) is 8.48. The summed E-state index contributed by atoms with van der Waals surface area (Å²) in [6, 6.07) is 18.4. The summed E-state index contributed by atoms with van der Waals surface area (Å²) in [4.78, 5) is 0. The topological polar surface area (TPSA) is 35.2 Å². The Hall–Kier alpha value is -1.16. The van der Waals surface area contributed by atoms with Gasteiger partial charge in [-0.2, -0.15) is 0 Å². The van der Waals surface area contributed by atoms with Crippen LogP contribution in [0.1, 0.15) is 11.1 Å². The van der Waals surface area contributed by atoms with E-state index < -0.39 is 0 Å². The van der Waals surface area contributed by atoms with Gasteiger partial charge >= 0.3 is 0 Å². The maximum Gasteiger partial charge on any atom is 0.0717 e. The van der Waals surface area contributed by atoms with Crippen molar-refractivity contribution in [2.75, 3.05) is 6.61 Å². The van der Waals surface area contributed by atoms with Gasteiger partial charge in [-0.15, -0.1) is 0 Å². The maximum atomic E-state index is 6.08. The van der Waals surface area contributed by atoms with Crippen LogP contribution in [0, 0.1) is 0 Å². The number of hydrogen-bond donors (Lipinski definition) is 1. The number of hydrogen-bond acceptors (Lipinski definition) is 2. The molecule has 0 aliphatic rings. The van der Waals surface area contributed by atoms with Crippen LogP contribution in [0.4, 0.5) is 0 Å². The van der Waals surface area contributed by atoms with Crippen LogP contribution in [0.3, 0.4) is 0 Å². The molecule has 0 aromatic heterocycles. The molecule has 0 aliphatic heterocycles. The van der Waals surface area contributed by atoms with Crippen molar-refractivity contribution in [2.24, 2.45) is 5.73 Å². The van der Waals surface area contributed by atoms with Gasteiger partial charge in [0.25, 0.3) is 0 Å². The first-order valence-corrected chi connectivity index (χ1v) is 7.15. The van der Waals surface area contributed by atoms with Gasteiger partial charge in [0, 0.05) is 10.5 Å². The van der Waals surface area contributed by atoms with E-state index in [4.69, 9.17) is 10.5 Å². The monoisotopic (exact) mass is 319 g/mol. The summed E-state index contributed by atoms with van der Waals surface area (Å²) in [5.74, 6) is 0. The predicted octanol–water partition coefficient (Wildman–Crippen LogP) is 3.54. The molecule has 1 unspecified atom stereocenters. The van der Waals surface area contributed by atoms with E-state index in [1.165, 1.54) is 11.1 Å². The standard InChI is InChI=1S/C16H18BrNO/c17-15-8-4-7-14(9-15)10-16(18)12-19-11-13-5-2-1-3-6-13/h1-9,16H,10-12,18H2. The smallest absolute Gasteiger partial charge is 0.0717 e. The number of rotatable bonds is 6. The molecule has 0 aliphatic carbocycles. The third kappa shape index (κ3) is 5.15. The van der Waals surface area contributed by atoms with Crippen LogP contribution in [0.2, 0.25) is 0 Å². The van der Waals surface area contributed by atoms with Gasteiger partial charge < -0.3 is 10.5 Å². The summed E-state index contributed by atoms with van der Waals surface area (Å²) < 4.78 is 6.73. The molecule has 3 heteroatoms. The van der Waals surface area contributed by atoms with Crippen molar-refractivity contribution in [2.45, 2.75) is 19.1 Å². The molecule has 0 fully saturated rings. The minimum absolute atomic E-state index is 0.0259. The van der Waals surface area contributed by atoms with Gasteiger partial charge in [0.15, 0.2) is 0 Å². The van der Waals surface area contributed by atoms with Crippen LogP contribution in [-0.4, -0.2) is 12.6 Å². The minimum Gasteiger partial charge on any atom is -0.375 e. The Morgan fingerprint density at radius 1 is 1.00 bits per heavy atom. The maximum absolute atomic E-state index is 6.08. The zero-order valence-electron chi connectivity index (χ0n) is 10.8. The van der Waals surface area contributed by atoms with Crippen LogP contribution in [0.5, 0.6) is 0 Å². The highest BCUT2D eigenvalue weighted by atomic mass is 79.9. The fourth-order valence-electron chi connectivity index (χ4n) is 1.93. The number of benzene rings is 2. The Morgan fingerprint density at radius 3 is 2.47 bits per heavy atom. The van der Waals surface area contributed by atoms with Crippen molar-refractivity contribution in [3.8, 4) is 0 Å². The highest BCUT2D eigenvalue weighted by molar-refractivity contribution is 9.10. The molecule has 19 heavy (non-hydrogen) atoms. The van der Waals surface area contributed by atoms with Crippen LogP contribution in [0.25, 0.3) is 0 Å². The van der Waals surface area contributed by atoms with Crippen LogP contribution < -0.4 is 5.73 Å². The fourth-order valence-corrected chi connectivity index (χ4v) is 2.37. The van der Waals surface area contributed by atoms with Crippen molar-refractivity contribution < 1.29 is 4.74 Å². The van der Waals surface area contributed by atoms with E-state index in [0.29, 0.717) is 13.2 Å². The first-order valence-electron chi connectivity index (χ1n) is 6.36. The Bertz CT molecular complexity index is 501. The van der Waals surface area contributed by atoms with E-state index in [2.05, 4.69) is 40.2 Å². The average molecular weight is 320 g/mol. The van der Waals surface area contributed by atoms with E-state index in [9.17, 15) is 0 Å². The lowest BCUT2D eigenvalue weighted by atomic mass is 10.1. The summed E-state index contributed by atoms with van der Waals surface area (Å²) in [5, 5.41) is 0. The normalized spacial score (nSPS) is 12.3. The van der Waals surface area contributed by atoms with Gasteiger partial charge in [-0.25, -0.2) is 0 Å². The van der Waals surface area contributed by atoms with Crippen molar-refractivity contribution in [1.82, 2.24) is 0 Å². The summed E-state index contributed by atoms with van der Waals surface area (Å²) in [6.45, 7) is 1.19. The van der Waals surface area contributed by atoms with Crippen LogP contribution in [0.15, 0.2) is 59.1 Å². The largest absolute Gasteiger partial charge is 0.375 e. The van der Waals surface area contributed by atoms with Crippen LogP contribution >= 0.6 is 15.9 Å². The lowest BCUT2D eigenvalue weighted by molar-refractivity contribution is 0.108. The number of nitrogens with two attached hydrogens (primary N) is 1. The molecule has 0 amide bonds. The van der Waals surface area contributed by atoms with Crippen molar-refractivity contribution in [3.63, 3.8) is 0 Å². The van der Waals surface area contributed by atoms with Gasteiger partial charge in [-0.05, 0) is 29.7 Å². The second-order valence-corrected chi connectivity index (χ2v) is 5.51. The number of halogens is 1. The molecule has 2 nitrogen and oxygen atoms in total. The Morgan fingerprint density at radius 2 is 1.74 bits per heavy atom. The van der Waals surface area contributed by atoms with Gasteiger partial charge in [0.05, 0.1) is 13.2 Å². The molecule has 2 rings (SSSR count). The van der Waals surface area contributed by atoms with Gasteiger partial charge in [-0.3, -0.25) is 0 Å². The van der Waals surface area contributed by atoms with E-state index in [0.717, 1.165) is 10.9 Å². The van der Waals surface area contributed by atoms with Crippen molar-refractivity contribution in [1.29, 1.82) is 0 Å². The molecule has 1 atom stereocenters. The number of ether oxygens (including phenoxy) is 1. The lowest BCUT2D eigenvalue weighted by Crippen LogP contribution is -2.28. The van der Waals surface area contributed by atoms with Gasteiger partial charge in [-0.1, -0.05) is 58.4 Å². The summed E-state index contributed by atoms with van der Waals surface area (Å²) >= 11 is 3.46. The Labute approximate surface area is 122 Å². The van der Waals surface area contributed by atoms with Gasteiger partial charge in [0.1, 0.15) is 0 Å². The quantitative estimate of drug-likeness (QED) is 0.884. The predicted molar refractivity (Wildman–Crippen MR) is 81.9 cm³/mol. The molecule has 2 N–H and O–H groups in total. The highest BCUT2D eigenvalue weighted by Gasteiger charge is 2.05. The Kier molecular flexibility index (Phi) is 5.58. The van der Waals surface area contributed by atoms with E-state index in [-0.39, 0.29) is 6.04 Å². The zero-order valence-corrected chi connectivity index (χ0v) is 12.3. The van der Waals surface area contributed by atoms with E-state index in [1.807, 2.05) is 30.3 Å². The average Bonchev–Trinajstić information content (AvgIpc) is 2.40. The van der Waals surface area contributed by atoms with Crippen molar-refractivity contribution in [3.05, 3.63) is 70.2 Å². The first kappa shape index (κ1) is 14.3. The fraction of sp³-hybridized carbons (Fsp3) is 0.250. The molecule has 0 heterocycles. The molecular weight excluding hydrogens is 302 g/mol. The summed E-state index contributed by atoms with van der Waals surface area (Å²) in [6.07, 6.45) is 0.828. The first-order chi connectivity index (χ1) is 9.24. The summed E-state index contributed by atoms with van der Waals surface area (Å²) in [7, 11) is 0. The molecule has 2 aromatic rings. The van der Waals surface area contributed by atoms with Crippen molar-refractivity contribution >= 4 is 15.9 Å². The third-order valence-corrected chi connectivity index (χ3v) is 3.32.